The molecule has 0 bridgehead atoms. The van der Waals surface area contributed by atoms with Gasteiger partial charge in [0.25, 0.3) is 0 Å². The van der Waals surface area contributed by atoms with Crippen LogP contribution in [0.3, 0.4) is 0 Å². The van der Waals surface area contributed by atoms with Gasteiger partial charge in [-0.05, 0) is 30.7 Å². The zero-order valence-corrected chi connectivity index (χ0v) is 9.77. The first-order valence-electron chi connectivity index (χ1n) is 5.80. The SMILES string of the molecule is Cc1cc(C2=NCCO2)ccc1C1=NCCO1. The van der Waals surface area contributed by atoms with E-state index in [4.69, 9.17) is 9.47 Å². The van der Waals surface area contributed by atoms with E-state index in [-0.39, 0.29) is 0 Å². The molecule has 3 rings (SSSR count). The Balaban J connectivity index is 1.93. The average Bonchev–Trinajstić information content (AvgIpc) is 3.02. The van der Waals surface area contributed by atoms with Crippen LogP contribution >= 0.6 is 0 Å². The summed E-state index contributed by atoms with van der Waals surface area (Å²) in [7, 11) is 0. The van der Waals surface area contributed by atoms with Crippen LogP contribution in [-0.4, -0.2) is 38.1 Å². The Kier molecular flexibility index (Phi) is 2.55. The normalized spacial score (nSPS) is 18.4. The van der Waals surface area contributed by atoms with Crippen molar-refractivity contribution >= 4 is 11.8 Å². The van der Waals surface area contributed by atoms with Crippen molar-refractivity contribution in [1.82, 2.24) is 0 Å². The fourth-order valence-corrected chi connectivity index (χ4v) is 2.04. The van der Waals surface area contributed by atoms with Crippen LogP contribution in [0.25, 0.3) is 0 Å². The first kappa shape index (κ1) is 10.3. The molecule has 2 aliphatic heterocycles. The molecule has 0 unspecified atom stereocenters. The summed E-state index contributed by atoms with van der Waals surface area (Å²) in [6.45, 7) is 4.94. The fraction of sp³-hybridized carbons (Fsp3) is 0.385. The van der Waals surface area contributed by atoms with E-state index in [0.717, 1.165) is 41.6 Å². The first-order valence-corrected chi connectivity index (χ1v) is 5.80. The summed E-state index contributed by atoms with van der Waals surface area (Å²) in [6.07, 6.45) is 0. The summed E-state index contributed by atoms with van der Waals surface area (Å²) < 4.78 is 10.9. The molecule has 0 fully saturated rings. The molecule has 0 aromatic heterocycles. The van der Waals surface area contributed by atoms with E-state index in [2.05, 4.69) is 23.0 Å². The lowest BCUT2D eigenvalue weighted by Gasteiger charge is -2.08. The predicted molar refractivity (Wildman–Crippen MR) is 65.9 cm³/mol. The van der Waals surface area contributed by atoms with Crippen LogP contribution in [-0.2, 0) is 9.47 Å². The Labute approximate surface area is 100.0 Å². The number of nitrogens with zero attached hydrogens (tertiary/aromatic N) is 2. The van der Waals surface area contributed by atoms with E-state index < -0.39 is 0 Å². The Morgan fingerprint density at radius 1 is 1.00 bits per heavy atom. The predicted octanol–water partition coefficient (Wildman–Crippen LogP) is 1.55. The molecule has 0 saturated carbocycles. The van der Waals surface area contributed by atoms with Gasteiger partial charge in [-0.15, -0.1) is 0 Å². The van der Waals surface area contributed by atoms with E-state index in [1.54, 1.807) is 0 Å². The first-order chi connectivity index (χ1) is 8.34. The van der Waals surface area contributed by atoms with Crippen molar-refractivity contribution in [3.05, 3.63) is 34.9 Å². The second kappa shape index (κ2) is 4.20. The molecule has 0 spiro atoms. The van der Waals surface area contributed by atoms with Crippen molar-refractivity contribution in [1.29, 1.82) is 0 Å². The summed E-state index contributed by atoms with van der Waals surface area (Å²) in [4.78, 5) is 8.63. The Morgan fingerprint density at radius 2 is 1.71 bits per heavy atom. The second-order valence-electron chi connectivity index (χ2n) is 4.10. The summed E-state index contributed by atoms with van der Waals surface area (Å²) in [5.41, 5.74) is 3.23. The van der Waals surface area contributed by atoms with Gasteiger partial charge >= 0.3 is 0 Å². The number of hydrogen-bond acceptors (Lipinski definition) is 4. The molecule has 0 atom stereocenters. The van der Waals surface area contributed by atoms with Gasteiger partial charge in [-0.2, -0.15) is 0 Å². The highest BCUT2D eigenvalue weighted by Gasteiger charge is 2.15. The van der Waals surface area contributed by atoms with E-state index in [9.17, 15) is 0 Å². The lowest BCUT2D eigenvalue weighted by Crippen LogP contribution is -2.06. The monoisotopic (exact) mass is 230 g/mol. The van der Waals surface area contributed by atoms with Crippen molar-refractivity contribution in [2.75, 3.05) is 26.3 Å². The average molecular weight is 230 g/mol. The number of aliphatic imine (C=N–C) groups is 2. The summed E-state index contributed by atoms with van der Waals surface area (Å²) in [5, 5.41) is 0. The smallest absolute Gasteiger partial charge is 0.216 e. The van der Waals surface area contributed by atoms with Gasteiger partial charge in [0, 0.05) is 11.1 Å². The number of rotatable bonds is 2. The zero-order valence-electron chi connectivity index (χ0n) is 9.77. The van der Waals surface area contributed by atoms with Crippen LogP contribution in [0.5, 0.6) is 0 Å². The van der Waals surface area contributed by atoms with Gasteiger partial charge in [0.05, 0.1) is 13.1 Å². The third kappa shape index (κ3) is 1.90. The lowest BCUT2D eigenvalue weighted by atomic mass is 10.0. The number of hydrogen-bond donors (Lipinski definition) is 0. The van der Waals surface area contributed by atoms with Gasteiger partial charge in [-0.3, -0.25) is 0 Å². The van der Waals surface area contributed by atoms with Gasteiger partial charge in [-0.1, -0.05) is 0 Å². The van der Waals surface area contributed by atoms with Crippen molar-refractivity contribution in [2.45, 2.75) is 6.92 Å². The molecule has 0 aliphatic carbocycles. The van der Waals surface area contributed by atoms with Crippen molar-refractivity contribution < 1.29 is 9.47 Å². The minimum Gasteiger partial charge on any atom is -0.476 e. The van der Waals surface area contributed by atoms with Gasteiger partial charge in [0.15, 0.2) is 0 Å². The molecule has 0 amide bonds. The minimum absolute atomic E-state index is 0.686. The van der Waals surface area contributed by atoms with Gasteiger partial charge in [0.2, 0.25) is 11.8 Å². The molecule has 2 heterocycles. The Bertz CT molecular complexity index is 506. The van der Waals surface area contributed by atoms with Gasteiger partial charge < -0.3 is 9.47 Å². The highest BCUT2D eigenvalue weighted by Crippen LogP contribution is 2.17. The van der Waals surface area contributed by atoms with Crippen LogP contribution in [0, 0.1) is 6.92 Å². The molecule has 2 aliphatic rings. The second-order valence-corrected chi connectivity index (χ2v) is 4.10. The zero-order chi connectivity index (χ0) is 11.7. The van der Waals surface area contributed by atoms with Crippen molar-refractivity contribution in [2.24, 2.45) is 9.98 Å². The maximum atomic E-state index is 5.47. The molecule has 0 N–H and O–H groups in total. The largest absolute Gasteiger partial charge is 0.476 e. The van der Waals surface area contributed by atoms with E-state index in [1.807, 2.05) is 12.1 Å². The fourth-order valence-electron chi connectivity index (χ4n) is 2.04. The maximum Gasteiger partial charge on any atom is 0.216 e. The lowest BCUT2D eigenvalue weighted by molar-refractivity contribution is 0.347. The molecule has 0 saturated heterocycles. The van der Waals surface area contributed by atoms with E-state index >= 15 is 0 Å². The Morgan fingerprint density at radius 3 is 2.29 bits per heavy atom. The topological polar surface area (TPSA) is 43.2 Å². The van der Waals surface area contributed by atoms with Gasteiger partial charge in [0.1, 0.15) is 13.2 Å². The standard InChI is InChI=1S/C13H14N2O2/c1-9-8-10(12-14-4-6-16-12)2-3-11(9)13-15-5-7-17-13/h2-3,8H,4-7H2,1H3. The summed E-state index contributed by atoms with van der Waals surface area (Å²) in [6, 6.07) is 6.11. The molecule has 1 aromatic carbocycles. The van der Waals surface area contributed by atoms with E-state index in [0.29, 0.717) is 13.2 Å². The molecule has 88 valence electrons. The van der Waals surface area contributed by atoms with E-state index in [1.165, 1.54) is 0 Å². The Hall–Kier alpha value is -1.84. The third-order valence-corrected chi connectivity index (χ3v) is 2.87. The number of aryl methyl sites for hydroxylation is 1. The molecular weight excluding hydrogens is 216 g/mol. The minimum atomic E-state index is 0.686. The third-order valence-electron chi connectivity index (χ3n) is 2.87. The number of benzene rings is 1. The van der Waals surface area contributed by atoms with Crippen LogP contribution in [0.15, 0.2) is 28.2 Å². The molecule has 4 nitrogen and oxygen atoms in total. The van der Waals surface area contributed by atoms with Crippen LogP contribution in [0.2, 0.25) is 0 Å². The molecule has 1 aromatic rings. The van der Waals surface area contributed by atoms with Crippen molar-refractivity contribution in [3.8, 4) is 0 Å². The number of ether oxygens (including phenoxy) is 2. The molecular formula is C13H14N2O2. The quantitative estimate of drug-likeness (QED) is 0.773. The van der Waals surface area contributed by atoms with Crippen LogP contribution in [0.1, 0.15) is 16.7 Å². The maximum absolute atomic E-state index is 5.47. The summed E-state index contributed by atoms with van der Waals surface area (Å²) in [5.74, 6) is 1.50. The van der Waals surface area contributed by atoms with Crippen LogP contribution in [0.4, 0.5) is 0 Å². The molecule has 4 heteroatoms. The molecule has 17 heavy (non-hydrogen) atoms. The summed E-state index contributed by atoms with van der Waals surface area (Å²) >= 11 is 0. The van der Waals surface area contributed by atoms with Crippen molar-refractivity contribution in [3.63, 3.8) is 0 Å². The highest BCUT2D eigenvalue weighted by atomic mass is 16.5. The molecule has 0 radical (unpaired) electrons. The highest BCUT2D eigenvalue weighted by molar-refractivity contribution is 5.99. The van der Waals surface area contributed by atoms with Crippen LogP contribution < -0.4 is 0 Å². The van der Waals surface area contributed by atoms with Gasteiger partial charge in [-0.25, -0.2) is 9.98 Å².